The van der Waals surface area contributed by atoms with Gasteiger partial charge in [0, 0.05) is 15.9 Å². The first-order chi connectivity index (χ1) is 13.8. The fourth-order valence-corrected chi connectivity index (χ4v) is 6.93. The number of nitrogens with zero attached hydrogens (tertiary/aromatic N) is 1. The molecule has 0 aliphatic carbocycles. The minimum absolute atomic E-state index is 0.982. The molecule has 0 amide bonds. The summed E-state index contributed by atoms with van der Waals surface area (Å²) in [5.74, 6) is 0. The second kappa shape index (κ2) is 8.25. The van der Waals surface area contributed by atoms with Gasteiger partial charge in [0.2, 0.25) is 0 Å². The van der Waals surface area contributed by atoms with Gasteiger partial charge >= 0.3 is 0 Å². The molecule has 28 heavy (non-hydrogen) atoms. The van der Waals surface area contributed by atoms with Crippen LogP contribution < -0.4 is 15.9 Å². The van der Waals surface area contributed by atoms with Crippen LogP contribution in [-0.2, 0) is 0 Å². The van der Waals surface area contributed by atoms with E-state index in [0.29, 0.717) is 0 Å². The summed E-state index contributed by atoms with van der Waals surface area (Å²) in [6.07, 6.45) is 1.86. The predicted octanol–water partition coefficient (Wildman–Crippen LogP) is 6.14. The second-order valence-corrected chi connectivity index (χ2v) is 9.56. The molecule has 0 saturated heterocycles. The molecule has 0 bridgehead atoms. The van der Waals surface area contributed by atoms with E-state index in [1.54, 1.807) is 0 Å². The monoisotopic (exact) mass is 379 g/mol. The molecular weight excluding hydrogens is 357 g/mol. The van der Waals surface area contributed by atoms with E-state index in [-0.39, 0.29) is 0 Å². The molecule has 4 rings (SSSR count). The standard InChI is InChI=1S/C26H22NP/c1-2-22-18-20-23(21-19-22)27-28(24-12-6-3-7-13-24,25-14-8-4-9-15-25)26-16-10-5-11-17-26/h2-21H,1H2. The van der Waals surface area contributed by atoms with Gasteiger partial charge in [0.1, 0.15) is 0 Å². The average molecular weight is 379 g/mol. The number of hydrogen-bond donors (Lipinski definition) is 0. The maximum Gasteiger partial charge on any atom is 0.0625 e. The first-order valence-electron chi connectivity index (χ1n) is 9.34. The molecular formula is C26H22NP. The fraction of sp³-hybridized carbons (Fsp3) is 0. The number of benzene rings is 4. The summed E-state index contributed by atoms with van der Waals surface area (Å²) in [5, 5.41) is 3.75. The van der Waals surface area contributed by atoms with E-state index < -0.39 is 7.05 Å². The highest BCUT2D eigenvalue weighted by atomic mass is 31.2. The third-order valence-corrected chi connectivity index (χ3v) is 8.45. The van der Waals surface area contributed by atoms with Crippen LogP contribution in [0.3, 0.4) is 0 Å². The third kappa shape index (κ3) is 3.50. The zero-order valence-electron chi connectivity index (χ0n) is 15.6. The van der Waals surface area contributed by atoms with Crippen molar-refractivity contribution in [2.75, 3.05) is 0 Å². The Bertz CT molecular complexity index is 996. The van der Waals surface area contributed by atoms with Crippen LogP contribution in [0.25, 0.3) is 6.08 Å². The Balaban J connectivity index is 2.09. The molecule has 0 radical (unpaired) electrons. The minimum atomic E-state index is -2.20. The Morgan fingerprint density at radius 3 is 1.29 bits per heavy atom. The van der Waals surface area contributed by atoms with Crippen molar-refractivity contribution in [1.29, 1.82) is 0 Å². The zero-order valence-corrected chi connectivity index (χ0v) is 16.5. The molecule has 2 heteroatoms. The molecule has 0 aromatic heterocycles. The van der Waals surface area contributed by atoms with Crippen molar-refractivity contribution >= 4 is 34.7 Å². The molecule has 0 aliphatic heterocycles. The smallest absolute Gasteiger partial charge is 0.0625 e. The quantitative estimate of drug-likeness (QED) is 0.369. The van der Waals surface area contributed by atoms with Crippen LogP contribution >= 0.6 is 7.05 Å². The Labute approximate surface area is 167 Å². The van der Waals surface area contributed by atoms with Crippen molar-refractivity contribution in [3.05, 3.63) is 127 Å². The highest BCUT2D eigenvalue weighted by molar-refractivity contribution is 7.87. The second-order valence-electron chi connectivity index (χ2n) is 6.54. The van der Waals surface area contributed by atoms with E-state index in [2.05, 4.69) is 122 Å². The number of rotatable bonds is 5. The van der Waals surface area contributed by atoms with E-state index in [0.717, 1.165) is 11.3 Å². The Morgan fingerprint density at radius 2 is 0.929 bits per heavy atom. The maximum atomic E-state index is 5.45. The summed E-state index contributed by atoms with van der Waals surface area (Å²) in [5.41, 5.74) is 2.08. The van der Waals surface area contributed by atoms with Crippen LogP contribution in [0, 0.1) is 0 Å². The van der Waals surface area contributed by atoms with Crippen LogP contribution in [0.5, 0.6) is 0 Å². The van der Waals surface area contributed by atoms with Gasteiger partial charge in [-0.15, -0.1) is 0 Å². The van der Waals surface area contributed by atoms with Crippen molar-refractivity contribution in [3.8, 4) is 0 Å². The average Bonchev–Trinajstić information content (AvgIpc) is 2.80. The van der Waals surface area contributed by atoms with Gasteiger partial charge in [-0.25, -0.2) is 0 Å². The lowest BCUT2D eigenvalue weighted by molar-refractivity contribution is 1.54. The van der Waals surface area contributed by atoms with Crippen LogP contribution in [-0.4, -0.2) is 0 Å². The van der Waals surface area contributed by atoms with Gasteiger partial charge < -0.3 is 0 Å². The SMILES string of the molecule is C=Cc1ccc(N=P(c2ccccc2)(c2ccccc2)c2ccccc2)cc1. The van der Waals surface area contributed by atoms with Gasteiger partial charge in [-0.1, -0.05) is 116 Å². The van der Waals surface area contributed by atoms with E-state index in [1.807, 2.05) is 6.08 Å². The summed E-state index contributed by atoms with van der Waals surface area (Å²) in [6.45, 7) is 3.85. The first-order valence-corrected chi connectivity index (χ1v) is 11.1. The van der Waals surface area contributed by atoms with Gasteiger partial charge in [0.25, 0.3) is 0 Å². The molecule has 4 aromatic carbocycles. The van der Waals surface area contributed by atoms with E-state index in [4.69, 9.17) is 4.74 Å². The van der Waals surface area contributed by atoms with E-state index >= 15 is 0 Å². The molecule has 4 aromatic rings. The Hall–Kier alpha value is -3.15. The van der Waals surface area contributed by atoms with Crippen LogP contribution in [0.15, 0.2) is 127 Å². The lowest BCUT2D eigenvalue weighted by Gasteiger charge is -2.27. The van der Waals surface area contributed by atoms with E-state index in [1.165, 1.54) is 15.9 Å². The molecule has 0 unspecified atom stereocenters. The topological polar surface area (TPSA) is 12.4 Å². The van der Waals surface area contributed by atoms with Crippen molar-refractivity contribution in [3.63, 3.8) is 0 Å². The van der Waals surface area contributed by atoms with Crippen molar-refractivity contribution in [2.24, 2.45) is 4.74 Å². The van der Waals surface area contributed by atoms with Gasteiger partial charge in [-0.05, 0) is 17.7 Å². The van der Waals surface area contributed by atoms with Crippen molar-refractivity contribution < 1.29 is 0 Å². The number of hydrogen-bond acceptors (Lipinski definition) is 1. The van der Waals surface area contributed by atoms with Crippen molar-refractivity contribution in [2.45, 2.75) is 0 Å². The third-order valence-electron chi connectivity index (χ3n) is 4.78. The fourth-order valence-electron chi connectivity index (χ4n) is 3.40. The normalized spacial score (nSPS) is 11.0. The highest BCUT2D eigenvalue weighted by Crippen LogP contribution is 2.49. The molecule has 0 fully saturated rings. The van der Waals surface area contributed by atoms with Crippen LogP contribution in [0.4, 0.5) is 5.69 Å². The van der Waals surface area contributed by atoms with Gasteiger partial charge in [0.05, 0.1) is 12.7 Å². The molecule has 0 spiro atoms. The molecule has 1 nitrogen and oxygen atoms in total. The molecule has 0 N–H and O–H groups in total. The summed E-state index contributed by atoms with van der Waals surface area (Å²) in [4.78, 5) is 0. The van der Waals surface area contributed by atoms with Gasteiger partial charge in [-0.3, -0.25) is 4.74 Å². The molecule has 136 valence electrons. The Morgan fingerprint density at radius 1 is 0.536 bits per heavy atom. The summed E-state index contributed by atoms with van der Waals surface area (Å²) >= 11 is 0. The summed E-state index contributed by atoms with van der Waals surface area (Å²) in [7, 11) is -2.20. The molecule has 0 atom stereocenters. The molecule has 0 heterocycles. The molecule has 0 saturated carbocycles. The highest BCUT2D eigenvalue weighted by Gasteiger charge is 2.27. The summed E-state index contributed by atoms with van der Waals surface area (Å²) in [6, 6.07) is 40.3. The lowest BCUT2D eigenvalue weighted by atomic mass is 10.2. The minimum Gasteiger partial charge on any atom is -0.254 e. The largest absolute Gasteiger partial charge is 0.254 e. The van der Waals surface area contributed by atoms with Crippen LogP contribution in [0.1, 0.15) is 5.56 Å². The Kier molecular flexibility index (Phi) is 5.37. The van der Waals surface area contributed by atoms with E-state index in [9.17, 15) is 0 Å². The van der Waals surface area contributed by atoms with Crippen molar-refractivity contribution in [1.82, 2.24) is 0 Å². The zero-order chi connectivity index (χ0) is 19.2. The van der Waals surface area contributed by atoms with Gasteiger partial charge in [0.15, 0.2) is 0 Å². The van der Waals surface area contributed by atoms with Crippen LogP contribution in [0.2, 0.25) is 0 Å². The molecule has 0 aliphatic rings. The summed E-state index contributed by atoms with van der Waals surface area (Å²) < 4.78 is 5.45. The van der Waals surface area contributed by atoms with Gasteiger partial charge in [-0.2, -0.15) is 0 Å². The predicted molar refractivity (Wildman–Crippen MR) is 124 cm³/mol. The lowest BCUT2D eigenvalue weighted by Crippen LogP contribution is -2.25. The first kappa shape index (κ1) is 18.2. The maximum absolute atomic E-state index is 5.45.